The molecule has 1 aromatic carbocycles. The van der Waals surface area contributed by atoms with Crippen molar-refractivity contribution in [3.63, 3.8) is 0 Å². The SMILES string of the molecule is C[C@H](c1ccccc1)N1C[C@H](C(=O)Nc2ccn(C)n2)CC1=O. The fourth-order valence-corrected chi connectivity index (χ4v) is 2.90. The number of hydrogen-bond acceptors (Lipinski definition) is 3. The minimum absolute atomic E-state index is 0.0162. The van der Waals surface area contributed by atoms with Gasteiger partial charge < -0.3 is 10.2 Å². The molecule has 2 heterocycles. The molecule has 1 aliphatic rings. The summed E-state index contributed by atoms with van der Waals surface area (Å²) in [6.45, 7) is 2.43. The number of carbonyl (C=O) groups excluding carboxylic acids is 2. The Bertz CT molecular complexity index is 710. The van der Waals surface area contributed by atoms with Gasteiger partial charge in [-0.3, -0.25) is 14.3 Å². The van der Waals surface area contributed by atoms with E-state index in [1.165, 1.54) is 0 Å². The van der Waals surface area contributed by atoms with E-state index in [4.69, 9.17) is 0 Å². The maximum Gasteiger partial charge on any atom is 0.230 e. The van der Waals surface area contributed by atoms with Crippen LogP contribution in [0.25, 0.3) is 0 Å². The first-order valence-electron chi connectivity index (χ1n) is 7.69. The van der Waals surface area contributed by atoms with Gasteiger partial charge in [0.2, 0.25) is 11.8 Å². The summed E-state index contributed by atoms with van der Waals surface area (Å²) in [4.78, 5) is 26.4. The van der Waals surface area contributed by atoms with Gasteiger partial charge in [0, 0.05) is 32.3 Å². The highest BCUT2D eigenvalue weighted by Gasteiger charge is 2.37. The molecule has 23 heavy (non-hydrogen) atoms. The summed E-state index contributed by atoms with van der Waals surface area (Å²) < 4.78 is 1.62. The Labute approximate surface area is 135 Å². The summed E-state index contributed by atoms with van der Waals surface area (Å²) in [7, 11) is 1.79. The molecular formula is C17H20N4O2. The smallest absolute Gasteiger partial charge is 0.230 e. The number of nitrogens with one attached hydrogen (secondary N) is 1. The van der Waals surface area contributed by atoms with Crippen LogP contribution in [0.5, 0.6) is 0 Å². The summed E-state index contributed by atoms with van der Waals surface area (Å²) in [5.74, 6) is 0.0394. The largest absolute Gasteiger partial charge is 0.335 e. The number of nitrogens with zero attached hydrogens (tertiary/aromatic N) is 3. The second-order valence-corrected chi connectivity index (χ2v) is 5.90. The standard InChI is InChI=1S/C17H20N4O2/c1-12(13-6-4-3-5-7-13)21-11-14(10-16(21)22)17(23)18-15-8-9-20(2)19-15/h3-9,12,14H,10-11H2,1-2H3,(H,18,19,23)/t12-,14-/m1/s1. The van der Waals surface area contributed by atoms with Gasteiger partial charge in [0.1, 0.15) is 0 Å². The fraction of sp³-hybridized carbons (Fsp3) is 0.353. The summed E-state index contributed by atoms with van der Waals surface area (Å²) in [6, 6.07) is 11.6. The van der Waals surface area contributed by atoms with Crippen LogP contribution in [-0.2, 0) is 16.6 Å². The minimum Gasteiger partial charge on any atom is -0.335 e. The topological polar surface area (TPSA) is 67.2 Å². The second-order valence-electron chi connectivity index (χ2n) is 5.90. The fourth-order valence-electron chi connectivity index (χ4n) is 2.90. The number of carbonyl (C=O) groups is 2. The highest BCUT2D eigenvalue weighted by molar-refractivity contribution is 5.96. The lowest BCUT2D eigenvalue weighted by atomic mass is 10.1. The summed E-state index contributed by atoms with van der Waals surface area (Å²) in [6.07, 6.45) is 2.01. The van der Waals surface area contributed by atoms with Crippen molar-refractivity contribution in [2.24, 2.45) is 13.0 Å². The Hall–Kier alpha value is -2.63. The van der Waals surface area contributed by atoms with Crippen LogP contribution in [-0.4, -0.2) is 33.0 Å². The van der Waals surface area contributed by atoms with Crippen molar-refractivity contribution in [1.29, 1.82) is 0 Å². The highest BCUT2D eigenvalue weighted by atomic mass is 16.2. The molecule has 0 radical (unpaired) electrons. The predicted octanol–water partition coefficient (Wildman–Crippen LogP) is 1.97. The molecule has 2 atom stereocenters. The van der Waals surface area contributed by atoms with Crippen LogP contribution >= 0.6 is 0 Å². The van der Waals surface area contributed by atoms with Crippen LogP contribution in [0, 0.1) is 5.92 Å². The Kier molecular flexibility index (Phi) is 4.14. The number of rotatable bonds is 4. The van der Waals surface area contributed by atoms with Crippen LogP contribution in [0.15, 0.2) is 42.6 Å². The number of aryl methyl sites for hydroxylation is 1. The number of aromatic nitrogens is 2. The van der Waals surface area contributed by atoms with Gasteiger partial charge in [0.05, 0.1) is 12.0 Å². The second kappa shape index (κ2) is 6.24. The molecule has 120 valence electrons. The third kappa shape index (κ3) is 3.26. The van der Waals surface area contributed by atoms with Gasteiger partial charge in [-0.1, -0.05) is 30.3 Å². The molecule has 0 unspecified atom stereocenters. The third-order valence-corrected chi connectivity index (χ3v) is 4.24. The van der Waals surface area contributed by atoms with E-state index in [1.807, 2.05) is 37.3 Å². The molecule has 1 N–H and O–H groups in total. The number of likely N-dealkylation sites (tertiary alicyclic amines) is 1. The molecule has 0 saturated carbocycles. The molecule has 0 spiro atoms. The zero-order chi connectivity index (χ0) is 16.4. The molecule has 0 bridgehead atoms. The van der Waals surface area contributed by atoms with Crippen LogP contribution < -0.4 is 5.32 Å². The maximum absolute atomic E-state index is 12.3. The molecule has 1 aromatic heterocycles. The molecule has 2 amide bonds. The lowest BCUT2D eigenvalue weighted by Crippen LogP contribution is -2.30. The molecular weight excluding hydrogens is 292 g/mol. The molecule has 6 heteroatoms. The van der Waals surface area contributed by atoms with Crippen molar-refractivity contribution in [3.05, 3.63) is 48.2 Å². The van der Waals surface area contributed by atoms with E-state index in [-0.39, 0.29) is 30.2 Å². The van der Waals surface area contributed by atoms with Gasteiger partial charge >= 0.3 is 0 Å². The Morgan fingerprint density at radius 1 is 1.30 bits per heavy atom. The molecule has 6 nitrogen and oxygen atoms in total. The van der Waals surface area contributed by atoms with E-state index in [2.05, 4.69) is 10.4 Å². The van der Waals surface area contributed by atoms with E-state index >= 15 is 0 Å². The number of benzene rings is 1. The van der Waals surface area contributed by atoms with Crippen molar-refractivity contribution in [1.82, 2.24) is 14.7 Å². The van der Waals surface area contributed by atoms with Gasteiger partial charge in [0.15, 0.2) is 5.82 Å². The van der Waals surface area contributed by atoms with Crippen molar-refractivity contribution in [3.8, 4) is 0 Å². The van der Waals surface area contributed by atoms with E-state index in [0.717, 1.165) is 5.56 Å². The predicted molar refractivity (Wildman–Crippen MR) is 86.5 cm³/mol. The lowest BCUT2D eigenvalue weighted by molar-refractivity contribution is -0.129. The van der Waals surface area contributed by atoms with Crippen LogP contribution in [0.1, 0.15) is 24.9 Å². The van der Waals surface area contributed by atoms with E-state index in [9.17, 15) is 9.59 Å². The van der Waals surface area contributed by atoms with Crippen molar-refractivity contribution in [2.75, 3.05) is 11.9 Å². The van der Waals surface area contributed by atoms with Gasteiger partial charge in [0.25, 0.3) is 0 Å². The Morgan fingerprint density at radius 2 is 2.04 bits per heavy atom. The van der Waals surface area contributed by atoms with Gasteiger partial charge in [-0.05, 0) is 12.5 Å². The monoisotopic (exact) mass is 312 g/mol. The Balaban J connectivity index is 1.66. The average Bonchev–Trinajstić information content (AvgIpc) is 3.13. The molecule has 1 aliphatic heterocycles. The van der Waals surface area contributed by atoms with Crippen molar-refractivity contribution in [2.45, 2.75) is 19.4 Å². The molecule has 1 fully saturated rings. The van der Waals surface area contributed by atoms with Gasteiger partial charge in [-0.15, -0.1) is 0 Å². The van der Waals surface area contributed by atoms with Crippen LogP contribution in [0.4, 0.5) is 5.82 Å². The zero-order valence-corrected chi connectivity index (χ0v) is 13.3. The third-order valence-electron chi connectivity index (χ3n) is 4.24. The number of hydrogen-bond donors (Lipinski definition) is 1. The van der Waals surface area contributed by atoms with E-state index in [1.54, 1.807) is 28.9 Å². The minimum atomic E-state index is -0.337. The lowest BCUT2D eigenvalue weighted by Gasteiger charge is -2.25. The van der Waals surface area contributed by atoms with Crippen molar-refractivity contribution < 1.29 is 9.59 Å². The quantitative estimate of drug-likeness (QED) is 0.938. The summed E-state index contributed by atoms with van der Waals surface area (Å²) in [5.41, 5.74) is 1.08. The Morgan fingerprint density at radius 3 is 2.70 bits per heavy atom. The van der Waals surface area contributed by atoms with Crippen molar-refractivity contribution >= 4 is 17.6 Å². The normalized spacial score (nSPS) is 19.0. The number of amides is 2. The van der Waals surface area contributed by atoms with Crippen LogP contribution in [0.3, 0.4) is 0 Å². The molecule has 2 aromatic rings. The first kappa shape index (κ1) is 15.3. The van der Waals surface area contributed by atoms with E-state index < -0.39 is 0 Å². The van der Waals surface area contributed by atoms with Gasteiger partial charge in [-0.25, -0.2) is 0 Å². The summed E-state index contributed by atoms with van der Waals surface area (Å²) in [5, 5.41) is 6.90. The maximum atomic E-state index is 12.3. The average molecular weight is 312 g/mol. The first-order valence-corrected chi connectivity index (χ1v) is 7.69. The van der Waals surface area contributed by atoms with Crippen LogP contribution in [0.2, 0.25) is 0 Å². The first-order chi connectivity index (χ1) is 11.0. The molecule has 1 saturated heterocycles. The molecule has 3 rings (SSSR count). The molecule has 0 aliphatic carbocycles. The number of anilines is 1. The van der Waals surface area contributed by atoms with Gasteiger partial charge in [-0.2, -0.15) is 5.10 Å². The van der Waals surface area contributed by atoms with E-state index in [0.29, 0.717) is 12.4 Å². The summed E-state index contributed by atoms with van der Waals surface area (Å²) >= 11 is 0. The highest BCUT2D eigenvalue weighted by Crippen LogP contribution is 2.28. The zero-order valence-electron chi connectivity index (χ0n) is 13.3.